The lowest BCUT2D eigenvalue weighted by molar-refractivity contribution is 0.0696. The van der Waals surface area contributed by atoms with E-state index in [0.717, 1.165) is 11.3 Å². The van der Waals surface area contributed by atoms with Crippen LogP contribution in [0.15, 0.2) is 34.9 Å². The summed E-state index contributed by atoms with van der Waals surface area (Å²) in [5.41, 5.74) is 2.32. The predicted molar refractivity (Wildman–Crippen MR) is 74.1 cm³/mol. The number of nitrogens with zero attached hydrogens (tertiary/aromatic N) is 1. The van der Waals surface area contributed by atoms with Crippen LogP contribution in [0.5, 0.6) is 0 Å². The lowest BCUT2D eigenvalue weighted by atomic mass is 10.0. The van der Waals surface area contributed by atoms with Gasteiger partial charge in [0.25, 0.3) is 0 Å². The third-order valence-corrected chi connectivity index (χ3v) is 3.30. The Hall–Kier alpha value is -1.39. The number of carboxylic acid groups (broad SMARTS) is 1. The SMILES string of the molecule is Cc1cc(-c2ccc(Cl)cc2)c(C(=O)O)c(Br)n1. The first kappa shape index (κ1) is 13.1. The fourth-order valence-electron chi connectivity index (χ4n) is 1.70. The molecular formula is C13H9BrClNO2. The summed E-state index contributed by atoms with van der Waals surface area (Å²) in [4.78, 5) is 15.4. The van der Waals surface area contributed by atoms with Crippen molar-refractivity contribution < 1.29 is 9.90 Å². The van der Waals surface area contributed by atoms with Crippen LogP contribution in [0.2, 0.25) is 5.02 Å². The summed E-state index contributed by atoms with van der Waals surface area (Å²) in [6.07, 6.45) is 0. The van der Waals surface area contributed by atoms with E-state index in [0.29, 0.717) is 15.2 Å². The van der Waals surface area contributed by atoms with Gasteiger partial charge in [-0.2, -0.15) is 0 Å². The topological polar surface area (TPSA) is 50.2 Å². The van der Waals surface area contributed by atoms with Gasteiger partial charge in [0.15, 0.2) is 0 Å². The molecule has 0 amide bonds. The van der Waals surface area contributed by atoms with Gasteiger partial charge in [-0.25, -0.2) is 9.78 Å². The van der Waals surface area contributed by atoms with Gasteiger partial charge < -0.3 is 5.11 Å². The molecule has 0 atom stereocenters. The highest BCUT2D eigenvalue weighted by atomic mass is 79.9. The number of hydrogen-bond acceptors (Lipinski definition) is 2. The van der Waals surface area contributed by atoms with Gasteiger partial charge in [0.1, 0.15) is 10.2 Å². The van der Waals surface area contributed by atoms with E-state index in [9.17, 15) is 9.90 Å². The second-order valence-electron chi connectivity index (χ2n) is 3.79. The summed E-state index contributed by atoms with van der Waals surface area (Å²) in [6, 6.07) is 8.78. The van der Waals surface area contributed by atoms with E-state index < -0.39 is 5.97 Å². The molecule has 18 heavy (non-hydrogen) atoms. The van der Waals surface area contributed by atoms with Crippen molar-refractivity contribution in [3.05, 3.63) is 51.2 Å². The van der Waals surface area contributed by atoms with Gasteiger partial charge in [0.05, 0.1) is 0 Å². The van der Waals surface area contributed by atoms with Crippen LogP contribution in [0, 0.1) is 6.92 Å². The molecule has 0 spiro atoms. The van der Waals surface area contributed by atoms with E-state index in [-0.39, 0.29) is 5.56 Å². The average Bonchev–Trinajstić information content (AvgIpc) is 2.28. The monoisotopic (exact) mass is 325 g/mol. The molecule has 0 aliphatic carbocycles. The highest BCUT2D eigenvalue weighted by Crippen LogP contribution is 2.30. The van der Waals surface area contributed by atoms with Crippen LogP contribution < -0.4 is 0 Å². The van der Waals surface area contributed by atoms with E-state index in [1.807, 2.05) is 6.92 Å². The Morgan fingerprint density at radius 3 is 2.50 bits per heavy atom. The molecule has 0 fully saturated rings. The quantitative estimate of drug-likeness (QED) is 0.843. The molecule has 2 rings (SSSR count). The minimum absolute atomic E-state index is 0.155. The summed E-state index contributed by atoms with van der Waals surface area (Å²) >= 11 is 9.02. The number of aryl methyl sites for hydroxylation is 1. The molecule has 3 nitrogen and oxygen atoms in total. The number of hydrogen-bond donors (Lipinski definition) is 1. The molecule has 0 radical (unpaired) electrons. The zero-order valence-corrected chi connectivity index (χ0v) is 11.8. The predicted octanol–water partition coefficient (Wildman–Crippen LogP) is 4.17. The van der Waals surface area contributed by atoms with Crippen molar-refractivity contribution in [1.29, 1.82) is 0 Å². The Labute approximate surface area is 118 Å². The van der Waals surface area contributed by atoms with Gasteiger partial charge >= 0.3 is 5.97 Å². The van der Waals surface area contributed by atoms with Crippen LogP contribution in [-0.2, 0) is 0 Å². The molecule has 0 unspecified atom stereocenters. The van der Waals surface area contributed by atoms with Gasteiger partial charge in [-0.1, -0.05) is 23.7 Å². The lowest BCUT2D eigenvalue weighted by Crippen LogP contribution is -2.03. The second kappa shape index (κ2) is 5.08. The molecule has 1 N–H and O–H groups in total. The summed E-state index contributed by atoms with van der Waals surface area (Å²) in [5, 5.41) is 9.87. The maximum Gasteiger partial charge on any atom is 0.339 e. The summed E-state index contributed by atoms with van der Waals surface area (Å²) < 4.78 is 0.333. The smallest absolute Gasteiger partial charge is 0.339 e. The van der Waals surface area contributed by atoms with Gasteiger partial charge in [0, 0.05) is 16.3 Å². The van der Waals surface area contributed by atoms with Crippen LogP contribution in [0.25, 0.3) is 11.1 Å². The molecule has 0 aliphatic rings. The number of carboxylic acids is 1. The first-order chi connectivity index (χ1) is 8.49. The largest absolute Gasteiger partial charge is 0.478 e. The zero-order valence-electron chi connectivity index (χ0n) is 9.45. The third kappa shape index (κ3) is 2.54. The van der Waals surface area contributed by atoms with Crippen LogP contribution in [0.4, 0.5) is 0 Å². The minimum Gasteiger partial charge on any atom is -0.478 e. The second-order valence-corrected chi connectivity index (χ2v) is 4.98. The van der Waals surface area contributed by atoms with Crippen molar-refractivity contribution in [2.75, 3.05) is 0 Å². The molecule has 0 saturated heterocycles. The molecule has 5 heteroatoms. The number of carbonyl (C=O) groups is 1. The molecular weight excluding hydrogens is 318 g/mol. The van der Waals surface area contributed by atoms with Gasteiger partial charge in [-0.05, 0) is 46.6 Å². The Morgan fingerprint density at radius 1 is 1.33 bits per heavy atom. The number of pyridine rings is 1. The first-order valence-electron chi connectivity index (χ1n) is 5.15. The van der Waals surface area contributed by atoms with Crippen molar-refractivity contribution in [1.82, 2.24) is 4.98 Å². The number of benzene rings is 1. The maximum atomic E-state index is 11.3. The van der Waals surface area contributed by atoms with Gasteiger partial charge in [-0.15, -0.1) is 0 Å². The standard InChI is InChI=1S/C13H9BrClNO2/c1-7-6-10(8-2-4-9(15)5-3-8)11(13(17)18)12(14)16-7/h2-6H,1H3,(H,17,18). The normalized spacial score (nSPS) is 10.4. The van der Waals surface area contributed by atoms with Crippen LogP contribution >= 0.6 is 27.5 Å². The third-order valence-electron chi connectivity index (χ3n) is 2.47. The summed E-state index contributed by atoms with van der Waals surface area (Å²) in [5.74, 6) is -1.01. The van der Waals surface area contributed by atoms with Crippen molar-refractivity contribution in [2.45, 2.75) is 6.92 Å². The molecule has 92 valence electrons. The van der Waals surface area contributed by atoms with Gasteiger partial charge in [0.2, 0.25) is 0 Å². The minimum atomic E-state index is -1.01. The summed E-state index contributed by atoms with van der Waals surface area (Å²) in [7, 11) is 0. The zero-order chi connectivity index (χ0) is 13.3. The fraction of sp³-hybridized carbons (Fsp3) is 0.0769. The summed E-state index contributed by atoms with van der Waals surface area (Å²) in [6.45, 7) is 1.82. The average molecular weight is 327 g/mol. The van der Waals surface area contributed by atoms with E-state index in [1.54, 1.807) is 30.3 Å². The van der Waals surface area contributed by atoms with Crippen molar-refractivity contribution in [2.24, 2.45) is 0 Å². The molecule has 1 heterocycles. The van der Waals surface area contributed by atoms with Gasteiger partial charge in [-0.3, -0.25) is 0 Å². The van der Waals surface area contributed by atoms with Crippen molar-refractivity contribution >= 4 is 33.5 Å². The fourth-order valence-corrected chi connectivity index (χ4v) is 2.48. The van der Waals surface area contributed by atoms with Crippen molar-refractivity contribution in [3.8, 4) is 11.1 Å². The molecule has 1 aromatic carbocycles. The Morgan fingerprint density at radius 2 is 1.94 bits per heavy atom. The molecule has 0 saturated carbocycles. The number of aromatic nitrogens is 1. The van der Waals surface area contributed by atoms with E-state index in [1.165, 1.54) is 0 Å². The van der Waals surface area contributed by atoms with Crippen LogP contribution in [0.3, 0.4) is 0 Å². The van der Waals surface area contributed by atoms with Crippen molar-refractivity contribution in [3.63, 3.8) is 0 Å². The molecule has 0 bridgehead atoms. The van der Waals surface area contributed by atoms with E-state index in [2.05, 4.69) is 20.9 Å². The Bertz CT molecular complexity index is 611. The lowest BCUT2D eigenvalue weighted by Gasteiger charge is -2.09. The van der Waals surface area contributed by atoms with E-state index in [4.69, 9.17) is 11.6 Å². The van der Waals surface area contributed by atoms with Crippen LogP contribution in [0.1, 0.15) is 16.1 Å². The maximum absolute atomic E-state index is 11.3. The molecule has 0 aliphatic heterocycles. The number of aromatic carboxylic acids is 1. The number of rotatable bonds is 2. The molecule has 2 aromatic rings. The van der Waals surface area contributed by atoms with Crippen LogP contribution in [-0.4, -0.2) is 16.1 Å². The van der Waals surface area contributed by atoms with E-state index >= 15 is 0 Å². The Kier molecular flexibility index (Phi) is 3.68. The highest BCUT2D eigenvalue weighted by Gasteiger charge is 2.17. The Balaban J connectivity index is 2.69. The molecule has 1 aromatic heterocycles. The highest BCUT2D eigenvalue weighted by molar-refractivity contribution is 9.10. The number of halogens is 2. The first-order valence-corrected chi connectivity index (χ1v) is 6.32.